The largest absolute Gasteiger partial charge is 0.376 e. The lowest BCUT2D eigenvalue weighted by Crippen LogP contribution is -2.59. The first-order chi connectivity index (χ1) is 23.8. The van der Waals surface area contributed by atoms with Gasteiger partial charge in [0, 0.05) is 34.9 Å². The summed E-state index contributed by atoms with van der Waals surface area (Å²) >= 11 is 0. The van der Waals surface area contributed by atoms with Crippen LogP contribution >= 0.6 is 0 Å². The molecule has 0 saturated heterocycles. The molecule has 0 fully saturated rings. The Kier molecular flexibility index (Phi) is 6.01. The normalized spacial score (nSPS) is 12.5. The molecule has 1 aromatic heterocycles. The predicted octanol–water partition coefficient (Wildman–Crippen LogP) is 10.1. The molecule has 0 aliphatic carbocycles. The maximum Gasteiger partial charge on any atom is 0.329 e. The summed E-state index contributed by atoms with van der Waals surface area (Å²) in [5.41, 5.74) is 17.6. The molecule has 48 heavy (non-hydrogen) atoms. The highest BCUT2D eigenvalue weighted by Crippen LogP contribution is 2.47. The third-order valence-electron chi connectivity index (χ3n) is 10.2. The Labute approximate surface area is 280 Å². The van der Waals surface area contributed by atoms with Gasteiger partial charge in [0.05, 0.1) is 0 Å². The van der Waals surface area contributed by atoms with Crippen molar-refractivity contribution < 1.29 is 0 Å². The zero-order valence-corrected chi connectivity index (χ0v) is 26.2. The number of anilines is 2. The molecule has 0 saturated carbocycles. The maximum atomic E-state index is 4.17. The molecule has 3 heteroatoms. The highest BCUT2D eigenvalue weighted by atomic mass is 15.1. The van der Waals surface area contributed by atoms with Crippen molar-refractivity contribution in [2.75, 3.05) is 4.81 Å². The van der Waals surface area contributed by atoms with E-state index < -0.39 is 0 Å². The number of aromatic nitrogens is 1. The molecule has 2 aliphatic rings. The quantitative estimate of drug-likeness (QED) is 0.186. The molecule has 0 bridgehead atoms. The summed E-state index contributed by atoms with van der Waals surface area (Å²) in [5, 5.41) is 2.53. The lowest BCUT2D eigenvalue weighted by Gasteiger charge is -2.43. The van der Waals surface area contributed by atoms with Crippen molar-refractivity contribution in [3.05, 3.63) is 176 Å². The summed E-state index contributed by atoms with van der Waals surface area (Å²) < 4.78 is 0. The Morgan fingerprint density at radius 2 is 0.812 bits per heavy atom. The highest BCUT2D eigenvalue weighted by Gasteiger charge is 2.42. The van der Waals surface area contributed by atoms with Crippen LogP contribution in [0.1, 0.15) is 0 Å². The SMILES string of the molecule is c1ccc2c(c1)B1c3ccccc3-c3cc(-c4ccc5ccccc5c4)ccc3N1c1ccc(-c3ccc(-c4ccncc4)cc3)cc1-2. The molecule has 8 aromatic rings. The lowest BCUT2D eigenvalue weighted by molar-refractivity contribution is 1.33. The molecule has 3 heterocycles. The number of benzene rings is 7. The van der Waals surface area contributed by atoms with Gasteiger partial charge in [0.15, 0.2) is 0 Å². The molecular weight excluding hydrogens is 579 g/mol. The molecule has 7 aromatic carbocycles. The minimum absolute atomic E-state index is 0.0921. The number of rotatable bonds is 3. The van der Waals surface area contributed by atoms with Crippen molar-refractivity contribution in [1.82, 2.24) is 4.98 Å². The third-order valence-corrected chi connectivity index (χ3v) is 10.2. The van der Waals surface area contributed by atoms with E-state index in [4.69, 9.17) is 0 Å². The van der Waals surface area contributed by atoms with E-state index in [1.807, 2.05) is 12.4 Å². The van der Waals surface area contributed by atoms with E-state index in [9.17, 15) is 0 Å². The molecule has 0 amide bonds. The van der Waals surface area contributed by atoms with Gasteiger partial charge in [-0.25, -0.2) is 0 Å². The van der Waals surface area contributed by atoms with Crippen LogP contribution in [0, 0.1) is 0 Å². The fourth-order valence-electron chi connectivity index (χ4n) is 7.87. The first-order valence-electron chi connectivity index (χ1n) is 16.6. The van der Waals surface area contributed by atoms with Gasteiger partial charge >= 0.3 is 6.85 Å². The van der Waals surface area contributed by atoms with Crippen LogP contribution in [0.25, 0.3) is 66.4 Å². The minimum Gasteiger partial charge on any atom is -0.376 e. The van der Waals surface area contributed by atoms with Crippen molar-refractivity contribution >= 4 is 39.9 Å². The molecule has 0 N–H and O–H groups in total. The molecule has 2 aliphatic heterocycles. The fraction of sp³-hybridized carbons (Fsp3) is 0. The molecule has 222 valence electrons. The summed E-state index contributed by atoms with van der Waals surface area (Å²) in [6.45, 7) is 0.0921. The minimum atomic E-state index is 0.0921. The van der Waals surface area contributed by atoms with Gasteiger partial charge in [-0.2, -0.15) is 0 Å². The number of fused-ring (bicyclic) bond motifs is 12. The summed E-state index contributed by atoms with van der Waals surface area (Å²) in [6.07, 6.45) is 3.69. The van der Waals surface area contributed by atoms with E-state index in [2.05, 4.69) is 174 Å². The average molecular weight is 609 g/mol. The Bertz CT molecular complexity index is 2520. The second-order valence-corrected chi connectivity index (χ2v) is 12.8. The van der Waals surface area contributed by atoms with E-state index in [1.165, 1.54) is 88.7 Å². The predicted molar refractivity (Wildman–Crippen MR) is 203 cm³/mol. The van der Waals surface area contributed by atoms with Gasteiger partial charge in [-0.05, 0) is 109 Å². The van der Waals surface area contributed by atoms with E-state index >= 15 is 0 Å². The highest BCUT2D eigenvalue weighted by molar-refractivity contribution is 6.92. The van der Waals surface area contributed by atoms with Crippen LogP contribution in [0.2, 0.25) is 0 Å². The maximum absolute atomic E-state index is 4.17. The van der Waals surface area contributed by atoms with Gasteiger partial charge in [-0.3, -0.25) is 4.98 Å². The smallest absolute Gasteiger partial charge is 0.329 e. The first-order valence-corrected chi connectivity index (χ1v) is 16.6. The number of nitrogens with zero attached hydrogens (tertiary/aromatic N) is 2. The van der Waals surface area contributed by atoms with Crippen LogP contribution in [-0.2, 0) is 0 Å². The van der Waals surface area contributed by atoms with Crippen molar-refractivity contribution in [3.8, 4) is 55.6 Å². The number of hydrogen-bond acceptors (Lipinski definition) is 2. The van der Waals surface area contributed by atoms with Gasteiger partial charge in [0.25, 0.3) is 0 Å². The van der Waals surface area contributed by atoms with Crippen molar-refractivity contribution in [1.29, 1.82) is 0 Å². The molecule has 2 nitrogen and oxygen atoms in total. The molecule has 0 radical (unpaired) electrons. The molecule has 0 unspecified atom stereocenters. The zero-order chi connectivity index (χ0) is 31.6. The van der Waals surface area contributed by atoms with Gasteiger partial charge in [0.1, 0.15) is 0 Å². The van der Waals surface area contributed by atoms with E-state index in [0.29, 0.717) is 0 Å². The molecule has 0 spiro atoms. The van der Waals surface area contributed by atoms with Crippen LogP contribution in [0.15, 0.2) is 176 Å². The van der Waals surface area contributed by atoms with Crippen LogP contribution < -0.4 is 15.7 Å². The van der Waals surface area contributed by atoms with Gasteiger partial charge in [0.2, 0.25) is 0 Å². The zero-order valence-electron chi connectivity index (χ0n) is 26.2. The van der Waals surface area contributed by atoms with Gasteiger partial charge in [-0.15, -0.1) is 0 Å². The van der Waals surface area contributed by atoms with Crippen molar-refractivity contribution in [2.24, 2.45) is 0 Å². The first kappa shape index (κ1) is 27.0. The standard InChI is InChI=1S/C45H29BN2/c1-2-8-34-27-35(18-17-30(34)7-1)37-20-22-45-41(29-37)39-10-4-6-12-43(39)46-42-11-5-3-9-38(42)40-28-36(19-21-44(40)48(45)46)32-15-13-31(14-16-32)33-23-25-47-26-24-33/h1-29H. The summed E-state index contributed by atoms with van der Waals surface area (Å²) in [6, 6.07) is 60.4. The monoisotopic (exact) mass is 608 g/mol. The Morgan fingerprint density at radius 1 is 0.354 bits per heavy atom. The fourth-order valence-corrected chi connectivity index (χ4v) is 7.87. The number of hydrogen-bond donors (Lipinski definition) is 0. The van der Waals surface area contributed by atoms with E-state index in [1.54, 1.807) is 0 Å². The lowest BCUT2D eigenvalue weighted by atomic mass is 9.43. The summed E-state index contributed by atoms with van der Waals surface area (Å²) in [7, 11) is 0. The summed E-state index contributed by atoms with van der Waals surface area (Å²) in [4.78, 5) is 6.75. The van der Waals surface area contributed by atoms with Gasteiger partial charge < -0.3 is 4.81 Å². The van der Waals surface area contributed by atoms with Crippen molar-refractivity contribution in [3.63, 3.8) is 0 Å². The van der Waals surface area contributed by atoms with Crippen LogP contribution in [0.3, 0.4) is 0 Å². The number of pyridine rings is 1. The van der Waals surface area contributed by atoms with Crippen LogP contribution in [-0.4, -0.2) is 11.8 Å². The second-order valence-electron chi connectivity index (χ2n) is 12.8. The average Bonchev–Trinajstić information content (AvgIpc) is 3.17. The van der Waals surface area contributed by atoms with Crippen LogP contribution in [0.4, 0.5) is 11.4 Å². The van der Waals surface area contributed by atoms with E-state index in [-0.39, 0.29) is 6.85 Å². The molecule has 10 rings (SSSR count). The third kappa shape index (κ3) is 4.18. The Hall–Kier alpha value is -6.19. The van der Waals surface area contributed by atoms with Crippen LogP contribution in [0.5, 0.6) is 0 Å². The van der Waals surface area contributed by atoms with E-state index in [0.717, 1.165) is 0 Å². The van der Waals surface area contributed by atoms with Crippen molar-refractivity contribution in [2.45, 2.75) is 0 Å². The second kappa shape index (κ2) is 10.7. The molecular formula is C45H29BN2. The summed E-state index contributed by atoms with van der Waals surface area (Å²) in [5.74, 6) is 0. The molecule has 0 atom stereocenters. The Balaban J connectivity index is 1.13. The Morgan fingerprint density at radius 3 is 1.46 bits per heavy atom. The van der Waals surface area contributed by atoms with Gasteiger partial charge in [-0.1, -0.05) is 121 Å². The topological polar surface area (TPSA) is 16.1 Å².